The maximum Gasteiger partial charge on any atom is 0.266 e. The van der Waals surface area contributed by atoms with Crippen LogP contribution in [0.25, 0.3) is 0 Å². The van der Waals surface area contributed by atoms with Crippen molar-refractivity contribution in [2.45, 2.75) is 19.3 Å². The van der Waals surface area contributed by atoms with Crippen molar-refractivity contribution >= 4 is 29.1 Å². The smallest absolute Gasteiger partial charge is 0.266 e. The number of nitrogens with one attached hydrogen (secondary N) is 1. The Bertz CT molecular complexity index is 852. The van der Waals surface area contributed by atoms with Gasteiger partial charge < -0.3 is 9.88 Å². The second kappa shape index (κ2) is 6.54. The van der Waals surface area contributed by atoms with Crippen LogP contribution in [0.1, 0.15) is 35.2 Å². The van der Waals surface area contributed by atoms with Gasteiger partial charge in [-0.25, -0.2) is 8.78 Å². The number of amides is 1. The minimum atomic E-state index is -2.70. The number of carbonyl (C=O) groups excluding carboxylic acids is 1. The first-order valence-corrected chi connectivity index (χ1v) is 9.33. The maximum atomic E-state index is 13.2. The third-order valence-electron chi connectivity index (χ3n) is 5.81. The van der Waals surface area contributed by atoms with Crippen molar-refractivity contribution in [3.05, 3.63) is 57.5 Å². The molecular weight excluding hydrogens is 381 g/mol. The lowest BCUT2D eigenvalue weighted by Gasteiger charge is -2.32. The molecule has 0 spiro atoms. The molecule has 4 unspecified atom stereocenters. The maximum absolute atomic E-state index is 13.2. The van der Waals surface area contributed by atoms with E-state index in [1.165, 1.54) is 17.0 Å². The van der Waals surface area contributed by atoms with E-state index >= 15 is 0 Å². The summed E-state index contributed by atoms with van der Waals surface area (Å²) < 4.78 is 28.2. The lowest BCUT2D eigenvalue weighted by molar-refractivity contribution is 0.0943. The van der Waals surface area contributed by atoms with Gasteiger partial charge in [0.05, 0.1) is 5.56 Å². The van der Waals surface area contributed by atoms with Gasteiger partial charge in [-0.2, -0.15) is 0 Å². The number of aryl methyl sites for hydroxylation is 1. The van der Waals surface area contributed by atoms with Crippen LogP contribution in [0.4, 0.5) is 8.78 Å². The van der Waals surface area contributed by atoms with Crippen LogP contribution in [0.3, 0.4) is 0 Å². The molecule has 4 atom stereocenters. The van der Waals surface area contributed by atoms with Gasteiger partial charge in [0, 0.05) is 36.6 Å². The number of carbonyl (C=O) groups is 1. The van der Waals surface area contributed by atoms with Crippen LogP contribution in [-0.2, 0) is 7.05 Å². The Kier molecular flexibility index (Phi) is 4.48. The van der Waals surface area contributed by atoms with Crippen molar-refractivity contribution in [2.75, 3.05) is 0 Å². The Morgan fingerprint density at radius 2 is 2.00 bits per heavy atom. The lowest BCUT2D eigenvalue weighted by Crippen LogP contribution is -2.34. The number of hydrogen-bond acceptors (Lipinski definition) is 1. The summed E-state index contributed by atoms with van der Waals surface area (Å²) in [5, 5.41) is 2.88. The van der Waals surface area contributed by atoms with Gasteiger partial charge in [0.2, 0.25) is 0 Å². The van der Waals surface area contributed by atoms with E-state index in [1.54, 1.807) is 7.05 Å². The average Bonchev–Trinajstić information content (AvgIpc) is 3.26. The van der Waals surface area contributed by atoms with Crippen molar-refractivity contribution in [1.29, 1.82) is 0 Å². The zero-order valence-electron chi connectivity index (χ0n) is 14.1. The van der Waals surface area contributed by atoms with Crippen LogP contribution in [0.15, 0.2) is 46.4 Å². The van der Waals surface area contributed by atoms with Gasteiger partial charge in [-0.1, -0.05) is 35.4 Å². The Morgan fingerprint density at radius 3 is 2.69 bits per heavy atom. The monoisotopic (exact) mass is 398 g/mol. The number of nitrogens with zero attached hydrogens (tertiary/aromatic N) is 1. The number of alkyl halides is 2. The van der Waals surface area contributed by atoms with E-state index in [1.807, 2.05) is 12.2 Å². The second-order valence-electron chi connectivity index (χ2n) is 7.16. The normalized spacial score (nSPS) is 29.2. The number of aromatic nitrogens is 1. The molecule has 7 heteroatoms. The number of rotatable bonds is 3. The largest absolute Gasteiger partial charge is 0.356 e. The minimum Gasteiger partial charge on any atom is -0.356 e. The molecule has 3 aliphatic carbocycles. The molecule has 0 saturated heterocycles. The van der Waals surface area contributed by atoms with E-state index in [0.717, 1.165) is 24.1 Å². The molecule has 138 valence electrons. The van der Waals surface area contributed by atoms with Crippen molar-refractivity contribution in [2.24, 2.45) is 30.7 Å². The van der Waals surface area contributed by atoms with E-state index in [2.05, 4.69) is 11.4 Å². The highest BCUT2D eigenvalue weighted by atomic mass is 35.5. The van der Waals surface area contributed by atoms with Gasteiger partial charge in [0.1, 0.15) is 4.49 Å². The molecule has 1 aromatic heterocycles. The number of hydrogen-bond donors (Lipinski definition) is 1. The first-order valence-electron chi connectivity index (χ1n) is 8.57. The quantitative estimate of drug-likeness (QED) is 0.753. The first kappa shape index (κ1) is 17.8. The standard InChI is InChI=1S/C19H18Cl2F2N2O/c1-25-7-12(18(22)23)13(8-25)19(26)24-14-4-2-3-9-10-5-6-11(15(9)14)16(10)17(20)21/h2-4,7-11,15,18H,5-6H2,1H3,(H,24,26). The van der Waals surface area contributed by atoms with Crippen LogP contribution in [0.5, 0.6) is 0 Å². The highest BCUT2D eigenvalue weighted by Gasteiger charge is 2.53. The van der Waals surface area contributed by atoms with Crippen LogP contribution >= 0.6 is 23.2 Å². The van der Waals surface area contributed by atoms with Gasteiger partial charge >= 0.3 is 0 Å². The molecule has 0 aliphatic heterocycles. The summed E-state index contributed by atoms with van der Waals surface area (Å²) in [5.74, 6) is 0.300. The minimum absolute atomic E-state index is 0.00352. The zero-order valence-corrected chi connectivity index (χ0v) is 15.6. The third-order valence-corrected chi connectivity index (χ3v) is 6.25. The summed E-state index contributed by atoms with van der Waals surface area (Å²) in [4.78, 5) is 12.7. The fourth-order valence-corrected chi connectivity index (χ4v) is 5.45. The van der Waals surface area contributed by atoms with E-state index < -0.39 is 12.3 Å². The molecule has 2 saturated carbocycles. The Morgan fingerprint density at radius 1 is 1.27 bits per heavy atom. The van der Waals surface area contributed by atoms with Gasteiger partial charge in [0.25, 0.3) is 12.3 Å². The van der Waals surface area contributed by atoms with Gasteiger partial charge in [0.15, 0.2) is 0 Å². The first-order chi connectivity index (χ1) is 12.4. The molecule has 26 heavy (non-hydrogen) atoms. The Hall–Kier alpha value is -1.59. The van der Waals surface area contributed by atoms with Crippen LogP contribution in [0.2, 0.25) is 0 Å². The van der Waals surface area contributed by atoms with E-state index in [9.17, 15) is 13.6 Å². The highest BCUT2D eigenvalue weighted by molar-refractivity contribution is 6.56. The van der Waals surface area contributed by atoms with Crippen LogP contribution in [0, 0.1) is 23.7 Å². The molecule has 0 aromatic carbocycles. The molecule has 3 nitrogen and oxygen atoms in total. The summed E-state index contributed by atoms with van der Waals surface area (Å²) in [5.41, 5.74) is 1.57. The fraction of sp³-hybridized carbons (Fsp3) is 0.421. The number of fused-ring (bicyclic) bond motifs is 5. The molecule has 3 aliphatic rings. The lowest BCUT2D eigenvalue weighted by atomic mass is 9.75. The molecule has 0 radical (unpaired) electrons. The molecular formula is C19H18Cl2F2N2O. The van der Waals surface area contributed by atoms with Crippen LogP contribution < -0.4 is 5.32 Å². The Balaban J connectivity index is 1.62. The van der Waals surface area contributed by atoms with Gasteiger partial charge in [-0.05, 0) is 42.2 Å². The van der Waals surface area contributed by atoms with Crippen molar-refractivity contribution in [1.82, 2.24) is 9.88 Å². The van der Waals surface area contributed by atoms with Crippen LogP contribution in [-0.4, -0.2) is 10.5 Å². The van der Waals surface area contributed by atoms with Crippen molar-refractivity contribution in [3.8, 4) is 0 Å². The SMILES string of the molecule is Cn1cc(C(=O)NC2=CC=CC3C4CCC(C4=C(Cl)Cl)C23)c(C(F)F)c1. The van der Waals surface area contributed by atoms with E-state index in [4.69, 9.17) is 23.2 Å². The predicted molar refractivity (Wildman–Crippen MR) is 97.0 cm³/mol. The summed E-state index contributed by atoms with van der Waals surface area (Å²) in [7, 11) is 1.62. The molecule has 1 N–H and O–H groups in total. The second-order valence-corrected chi connectivity index (χ2v) is 8.11. The molecule has 1 aromatic rings. The Labute approximate surface area is 160 Å². The molecule has 1 amide bonds. The predicted octanol–water partition coefficient (Wildman–Crippen LogP) is 5.11. The van der Waals surface area contributed by atoms with Crippen molar-refractivity contribution < 1.29 is 13.6 Å². The number of halogens is 4. The summed E-state index contributed by atoms with van der Waals surface area (Å²) in [6.07, 6.45) is 7.91. The average molecular weight is 399 g/mol. The highest BCUT2D eigenvalue weighted by Crippen LogP contribution is 2.60. The zero-order chi connectivity index (χ0) is 18.6. The molecule has 2 bridgehead atoms. The topological polar surface area (TPSA) is 34.0 Å². The summed E-state index contributed by atoms with van der Waals surface area (Å²) in [6, 6.07) is 0. The van der Waals surface area contributed by atoms with Gasteiger partial charge in [-0.3, -0.25) is 4.79 Å². The van der Waals surface area contributed by atoms with E-state index in [0.29, 0.717) is 10.4 Å². The van der Waals surface area contributed by atoms with Gasteiger partial charge in [-0.15, -0.1) is 0 Å². The summed E-state index contributed by atoms with van der Waals surface area (Å²) in [6.45, 7) is 0. The number of allylic oxidation sites excluding steroid dienone is 5. The molecule has 2 fully saturated rings. The molecule has 4 rings (SSSR count). The van der Waals surface area contributed by atoms with Crippen molar-refractivity contribution in [3.63, 3.8) is 0 Å². The van der Waals surface area contributed by atoms with E-state index in [-0.39, 0.29) is 28.9 Å². The fourth-order valence-electron chi connectivity index (χ4n) is 4.88. The summed E-state index contributed by atoms with van der Waals surface area (Å²) >= 11 is 12.2. The molecule has 1 heterocycles. The third kappa shape index (κ3) is 2.72.